The van der Waals surface area contributed by atoms with Gasteiger partial charge in [0.15, 0.2) is 5.96 Å². The molecule has 0 heterocycles. The summed E-state index contributed by atoms with van der Waals surface area (Å²) in [6.45, 7) is 5.98. The molecule has 0 amide bonds. The number of methoxy groups -OCH3 is 1. The van der Waals surface area contributed by atoms with E-state index in [4.69, 9.17) is 9.47 Å². The molecule has 2 aromatic rings. The van der Waals surface area contributed by atoms with Gasteiger partial charge in [-0.1, -0.05) is 42.5 Å². The van der Waals surface area contributed by atoms with Crippen molar-refractivity contribution < 1.29 is 14.6 Å². The Morgan fingerprint density at radius 2 is 1.80 bits per heavy atom. The predicted octanol–water partition coefficient (Wildman–Crippen LogP) is 3.85. The number of nitrogens with zero attached hydrogens (tertiary/aromatic N) is 2. The van der Waals surface area contributed by atoms with E-state index in [0.717, 1.165) is 29.4 Å². The molecule has 0 saturated carbocycles. The summed E-state index contributed by atoms with van der Waals surface area (Å²) in [6, 6.07) is 17.9. The zero-order valence-corrected chi connectivity index (χ0v) is 20.6. The number of ether oxygens (including phenoxy) is 2. The molecule has 0 radical (unpaired) electrons. The van der Waals surface area contributed by atoms with Gasteiger partial charge >= 0.3 is 0 Å². The number of hydrogen-bond acceptors (Lipinski definition) is 4. The van der Waals surface area contributed by atoms with Gasteiger partial charge in [0, 0.05) is 20.1 Å². The number of nitrogens with one attached hydrogen (secondary N) is 1. The molecule has 30 heavy (non-hydrogen) atoms. The number of benzene rings is 2. The summed E-state index contributed by atoms with van der Waals surface area (Å²) in [7, 11) is 3.64. The fraction of sp³-hybridized carbons (Fsp3) is 0.435. The summed E-state index contributed by atoms with van der Waals surface area (Å²) in [5.74, 6) is 1.59. The third-order valence-electron chi connectivity index (χ3n) is 4.53. The Morgan fingerprint density at radius 1 is 1.13 bits per heavy atom. The van der Waals surface area contributed by atoms with Crippen LogP contribution >= 0.6 is 24.0 Å². The molecule has 0 aliphatic heterocycles. The molecular formula is C23H34IN3O3. The van der Waals surface area contributed by atoms with Crippen molar-refractivity contribution in [3.05, 3.63) is 65.7 Å². The van der Waals surface area contributed by atoms with E-state index < -0.39 is 6.10 Å². The molecule has 2 N–H and O–H groups in total. The van der Waals surface area contributed by atoms with E-state index in [1.807, 2.05) is 80.4 Å². The minimum absolute atomic E-state index is 0. The van der Waals surface area contributed by atoms with E-state index in [9.17, 15) is 5.11 Å². The highest BCUT2D eigenvalue weighted by atomic mass is 127. The highest BCUT2D eigenvalue weighted by Crippen LogP contribution is 2.16. The molecular weight excluding hydrogens is 493 g/mol. The third-order valence-corrected chi connectivity index (χ3v) is 4.53. The van der Waals surface area contributed by atoms with Crippen LogP contribution in [0, 0.1) is 0 Å². The smallest absolute Gasteiger partial charge is 0.194 e. The highest BCUT2D eigenvalue weighted by molar-refractivity contribution is 14.0. The minimum Gasteiger partial charge on any atom is -0.497 e. The van der Waals surface area contributed by atoms with Gasteiger partial charge in [-0.15, -0.1) is 24.0 Å². The Morgan fingerprint density at radius 3 is 2.40 bits per heavy atom. The zero-order chi connectivity index (χ0) is 21.1. The monoisotopic (exact) mass is 527 g/mol. The van der Waals surface area contributed by atoms with E-state index in [2.05, 4.69) is 10.3 Å². The molecule has 0 bridgehead atoms. The lowest BCUT2D eigenvalue weighted by atomic mass is 10.1. The summed E-state index contributed by atoms with van der Waals surface area (Å²) in [6.07, 6.45) is -0.731. The molecule has 0 saturated heterocycles. The maximum absolute atomic E-state index is 10.3. The first-order valence-electron chi connectivity index (χ1n) is 10.0. The van der Waals surface area contributed by atoms with Gasteiger partial charge in [0.2, 0.25) is 0 Å². The Kier molecular flexibility index (Phi) is 12.4. The summed E-state index contributed by atoms with van der Waals surface area (Å²) in [5.41, 5.74) is 2.25. The van der Waals surface area contributed by atoms with Gasteiger partial charge in [-0.05, 0) is 37.1 Å². The number of aliphatic hydroxyl groups is 1. The summed E-state index contributed by atoms with van der Waals surface area (Å²) < 4.78 is 11.0. The lowest BCUT2D eigenvalue weighted by Crippen LogP contribution is -2.39. The normalized spacial score (nSPS) is 13.2. The second kappa shape index (κ2) is 14.2. The highest BCUT2D eigenvalue weighted by Gasteiger charge is 2.11. The SMILES string of the molecule is CCNC(=NCC(O)COC(C)c1ccccc1)N(C)Cc1ccc(OC)cc1.I. The van der Waals surface area contributed by atoms with Crippen LogP contribution in [0.15, 0.2) is 59.6 Å². The molecule has 0 spiro atoms. The molecule has 2 atom stereocenters. The van der Waals surface area contributed by atoms with E-state index in [0.29, 0.717) is 6.54 Å². The number of aliphatic imine (C=N–C) groups is 1. The Hall–Kier alpha value is -1.84. The molecule has 2 rings (SSSR count). The first kappa shape index (κ1) is 26.2. The van der Waals surface area contributed by atoms with Crippen LogP contribution in [0.2, 0.25) is 0 Å². The van der Waals surface area contributed by atoms with Crippen LogP contribution in [0.25, 0.3) is 0 Å². The summed E-state index contributed by atoms with van der Waals surface area (Å²) >= 11 is 0. The Balaban J connectivity index is 0.00000450. The van der Waals surface area contributed by atoms with Crippen molar-refractivity contribution in [2.75, 3.05) is 33.9 Å². The van der Waals surface area contributed by atoms with E-state index in [1.165, 1.54) is 0 Å². The fourth-order valence-corrected chi connectivity index (χ4v) is 2.87. The molecule has 6 nitrogen and oxygen atoms in total. The maximum atomic E-state index is 10.3. The number of guanidine groups is 1. The van der Waals surface area contributed by atoms with Gasteiger partial charge < -0.3 is 24.8 Å². The van der Waals surface area contributed by atoms with E-state index in [1.54, 1.807) is 7.11 Å². The van der Waals surface area contributed by atoms with E-state index >= 15 is 0 Å². The van der Waals surface area contributed by atoms with E-state index in [-0.39, 0.29) is 43.2 Å². The van der Waals surface area contributed by atoms with Crippen molar-refractivity contribution in [2.45, 2.75) is 32.6 Å². The summed E-state index contributed by atoms with van der Waals surface area (Å²) in [5, 5.41) is 13.6. The molecule has 166 valence electrons. The number of rotatable bonds is 10. The third kappa shape index (κ3) is 8.89. The predicted molar refractivity (Wildman–Crippen MR) is 133 cm³/mol. The van der Waals surface area contributed by atoms with Crippen molar-refractivity contribution in [3.63, 3.8) is 0 Å². The largest absolute Gasteiger partial charge is 0.497 e. The van der Waals surface area contributed by atoms with Gasteiger partial charge in [-0.2, -0.15) is 0 Å². The Labute approximate surface area is 197 Å². The molecule has 2 aromatic carbocycles. The first-order valence-corrected chi connectivity index (χ1v) is 10.0. The second-order valence-corrected chi connectivity index (χ2v) is 6.94. The first-order chi connectivity index (χ1) is 14.0. The Bertz CT molecular complexity index is 741. The molecule has 0 aromatic heterocycles. The van der Waals surface area contributed by atoms with Crippen LogP contribution in [0.4, 0.5) is 0 Å². The summed E-state index contributed by atoms with van der Waals surface area (Å²) in [4.78, 5) is 6.60. The molecule has 0 aliphatic carbocycles. The second-order valence-electron chi connectivity index (χ2n) is 6.94. The van der Waals surface area contributed by atoms with Gasteiger partial charge in [-0.3, -0.25) is 4.99 Å². The molecule has 0 fully saturated rings. The average Bonchev–Trinajstić information content (AvgIpc) is 2.76. The van der Waals surface area contributed by atoms with Crippen LogP contribution in [-0.2, 0) is 11.3 Å². The lowest BCUT2D eigenvalue weighted by Gasteiger charge is -2.23. The fourth-order valence-electron chi connectivity index (χ4n) is 2.87. The number of aliphatic hydroxyl groups excluding tert-OH is 1. The average molecular weight is 527 g/mol. The van der Waals surface area contributed by atoms with Crippen LogP contribution in [0.1, 0.15) is 31.1 Å². The van der Waals surface area contributed by atoms with Crippen LogP contribution in [-0.4, -0.2) is 55.9 Å². The molecule has 0 aliphatic rings. The van der Waals surface area contributed by atoms with Crippen LogP contribution in [0.5, 0.6) is 5.75 Å². The topological polar surface area (TPSA) is 66.3 Å². The van der Waals surface area contributed by atoms with Gasteiger partial charge in [0.1, 0.15) is 5.75 Å². The zero-order valence-electron chi connectivity index (χ0n) is 18.2. The number of hydrogen-bond donors (Lipinski definition) is 2. The van der Waals surface area contributed by atoms with Crippen LogP contribution in [0.3, 0.4) is 0 Å². The van der Waals surface area contributed by atoms with Gasteiger partial charge in [0.25, 0.3) is 0 Å². The lowest BCUT2D eigenvalue weighted by molar-refractivity contribution is 0.00106. The van der Waals surface area contributed by atoms with Crippen molar-refractivity contribution in [2.24, 2.45) is 4.99 Å². The maximum Gasteiger partial charge on any atom is 0.194 e. The van der Waals surface area contributed by atoms with Crippen molar-refractivity contribution in [1.29, 1.82) is 0 Å². The molecule has 2 unspecified atom stereocenters. The van der Waals surface area contributed by atoms with Crippen LogP contribution < -0.4 is 10.1 Å². The van der Waals surface area contributed by atoms with Crippen molar-refractivity contribution in [1.82, 2.24) is 10.2 Å². The van der Waals surface area contributed by atoms with Crippen molar-refractivity contribution >= 4 is 29.9 Å². The quantitative estimate of drug-likeness (QED) is 0.279. The minimum atomic E-state index is -0.663. The standard InChI is InChI=1S/C23H33N3O3.HI/c1-5-24-23(26(3)16-19-11-13-22(28-4)14-12-19)25-15-21(27)17-29-18(2)20-9-7-6-8-10-20;/h6-14,18,21,27H,5,15-17H2,1-4H3,(H,24,25);1H. The molecule has 7 heteroatoms. The number of halogens is 1. The van der Waals surface area contributed by atoms with Gasteiger partial charge in [-0.25, -0.2) is 0 Å². The van der Waals surface area contributed by atoms with Crippen molar-refractivity contribution in [3.8, 4) is 5.75 Å². The van der Waals surface area contributed by atoms with Gasteiger partial charge in [0.05, 0.1) is 32.5 Å².